The van der Waals surface area contributed by atoms with Crippen molar-refractivity contribution in [2.24, 2.45) is 0 Å². The molecule has 18 heavy (non-hydrogen) atoms. The first-order valence-corrected chi connectivity index (χ1v) is 8.38. The van der Waals surface area contributed by atoms with Gasteiger partial charge in [0.05, 0.1) is 0 Å². The van der Waals surface area contributed by atoms with Crippen molar-refractivity contribution in [2.75, 3.05) is 19.8 Å². The predicted octanol–water partition coefficient (Wildman–Crippen LogP) is 2.89. The number of carbonyl (C=O) groups excluding carboxylic acids is 1. The molecule has 0 atom stereocenters. The van der Waals surface area contributed by atoms with E-state index < -0.39 is 8.80 Å². The van der Waals surface area contributed by atoms with Crippen LogP contribution in [-0.2, 0) is 18.1 Å². The van der Waals surface area contributed by atoms with E-state index in [1.54, 1.807) is 6.92 Å². The van der Waals surface area contributed by atoms with Gasteiger partial charge in [0.2, 0.25) is 5.41 Å². The predicted molar refractivity (Wildman–Crippen MR) is 74.3 cm³/mol. The summed E-state index contributed by atoms with van der Waals surface area (Å²) >= 11 is 0. The lowest BCUT2D eigenvalue weighted by Crippen LogP contribution is -2.54. The molecule has 0 radical (unpaired) electrons. The minimum absolute atomic E-state index is 0.196. The van der Waals surface area contributed by atoms with Gasteiger partial charge in [-0.05, 0) is 31.8 Å². The van der Waals surface area contributed by atoms with E-state index in [-0.39, 0.29) is 5.41 Å². The quantitative estimate of drug-likeness (QED) is 0.429. The first-order valence-electron chi connectivity index (χ1n) is 6.66. The number of hydrogen-bond donors (Lipinski definition) is 0. The van der Waals surface area contributed by atoms with Crippen LogP contribution >= 0.6 is 0 Å². The summed E-state index contributed by atoms with van der Waals surface area (Å²) in [4.78, 5) is 12.3. The Morgan fingerprint density at radius 3 is 1.50 bits per heavy atom. The lowest BCUT2D eigenvalue weighted by molar-refractivity contribution is -0.116. The number of hydrogen-bond acceptors (Lipinski definition) is 4. The molecule has 4 nitrogen and oxygen atoms in total. The summed E-state index contributed by atoms with van der Waals surface area (Å²) in [5, 5.41) is -0.196. The Bertz CT molecular complexity index is 244. The molecule has 0 spiro atoms. The first-order chi connectivity index (χ1) is 8.54. The maximum atomic E-state index is 12.3. The first kappa shape index (κ1) is 17.5. The van der Waals surface area contributed by atoms with Crippen molar-refractivity contribution >= 4 is 14.2 Å². The molecule has 106 valence electrons. The standard InChI is InChI=1S/C13H26O4Si/c1-6-9-15-18(16-10-7-2,17-11-8-3)13(14)12(4)5/h4,6-11H2,1-3,5H3. The van der Waals surface area contributed by atoms with Gasteiger partial charge in [-0.2, -0.15) is 0 Å². The van der Waals surface area contributed by atoms with Crippen LogP contribution in [0.1, 0.15) is 47.0 Å². The Morgan fingerprint density at radius 2 is 1.28 bits per heavy atom. The Hall–Kier alpha value is -0.493. The van der Waals surface area contributed by atoms with E-state index in [4.69, 9.17) is 13.3 Å². The smallest absolute Gasteiger partial charge is 0.368 e. The molecule has 0 aliphatic heterocycles. The third-order valence-corrected chi connectivity index (χ3v) is 4.89. The molecule has 0 amide bonds. The van der Waals surface area contributed by atoms with Crippen molar-refractivity contribution in [1.82, 2.24) is 0 Å². The Kier molecular flexibility index (Phi) is 9.18. The second-order valence-electron chi connectivity index (χ2n) is 4.21. The molecule has 0 bridgehead atoms. The summed E-state index contributed by atoms with van der Waals surface area (Å²) in [6.07, 6.45) is 2.47. The molecule has 5 heteroatoms. The summed E-state index contributed by atoms with van der Waals surface area (Å²) in [6.45, 7) is 12.7. The fraction of sp³-hybridized carbons (Fsp3) is 0.769. The molecule has 0 aliphatic carbocycles. The van der Waals surface area contributed by atoms with Gasteiger partial charge in [-0.1, -0.05) is 27.4 Å². The van der Waals surface area contributed by atoms with Crippen molar-refractivity contribution in [3.05, 3.63) is 12.2 Å². The van der Waals surface area contributed by atoms with Crippen molar-refractivity contribution in [2.45, 2.75) is 47.0 Å². The number of rotatable bonds is 11. The van der Waals surface area contributed by atoms with Gasteiger partial charge in [-0.25, -0.2) is 0 Å². The summed E-state index contributed by atoms with van der Waals surface area (Å²) < 4.78 is 17.1. The highest BCUT2D eigenvalue weighted by Crippen LogP contribution is 2.17. The summed E-state index contributed by atoms with van der Waals surface area (Å²) in [7, 11) is -3.26. The van der Waals surface area contributed by atoms with Crippen LogP contribution in [0.3, 0.4) is 0 Å². The molecular formula is C13H26O4Si. The lowest BCUT2D eigenvalue weighted by Gasteiger charge is -2.28. The number of allylic oxidation sites excluding steroid dienone is 1. The van der Waals surface area contributed by atoms with Crippen LogP contribution in [0.5, 0.6) is 0 Å². The monoisotopic (exact) mass is 274 g/mol. The minimum Gasteiger partial charge on any atom is -0.368 e. The van der Waals surface area contributed by atoms with Gasteiger partial charge in [0, 0.05) is 19.8 Å². The molecule has 0 saturated carbocycles. The second-order valence-corrected chi connectivity index (χ2v) is 6.64. The number of carbonyl (C=O) groups is 1. The van der Waals surface area contributed by atoms with Crippen molar-refractivity contribution in [3.8, 4) is 0 Å². The van der Waals surface area contributed by atoms with Crippen LogP contribution in [0.15, 0.2) is 12.2 Å². The van der Waals surface area contributed by atoms with Crippen LogP contribution < -0.4 is 0 Å². The molecule has 0 N–H and O–H groups in total. The highest BCUT2D eigenvalue weighted by molar-refractivity contribution is 6.94. The molecular weight excluding hydrogens is 248 g/mol. The molecule has 0 aromatic heterocycles. The van der Waals surface area contributed by atoms with E-state index in [0.29, 0.717) is 25.4 Å². The van der Waals surface area contributed by atoms with E-state index in [2.05, 4.69) is 6.58 Å². The molecule has 0 rings (SSSR count). The van der Waals surface area contributed by atoms with Gasteiger partial charge in [0.1, 0.15) is 0 Å². The molecule has 0 unspecified atom stereocenters. The van der Waals surface area contributed by atoms with Gasteiger partial charge in [-0.3, -0.25) is 4.79 Å². The fourth-order valence-corrected chi connectivity index (χ4v) is 3.88. The maximum absolute atomic E-state index is 12.3. The minimum atomic E-state index is -3.26. The summed E-state index contributed by atoms with van der Waals surface area (Å²) in [5.74, 6) is 0. The zero-order valence-corrected chi connectivity index (χ0v) is 13.1. The summed E-state index contributed by atoms with van der Waals surface area (Å²) in [5.41, 5.74) is 0.435. The topological polar surface area (TPSA) is 44.8 Å². The molecule has 0 heterocycles. The van der Waals surface area contributed by atoms with Gasteiger partial charge in [0.15, 0.2) is 0 Å². The van der Waals surface area contributed by atoms with Crippen molar-refractivity contribution in [3.63, 3.8) is 0 Å². The van der Waals surface area contributed by atoms with E-state index in [1.165, 1.54) is 0 Å². The van der Waals surface area contributed by atoms with Gasteiger partial charge in [-0.15, -0.1) is 0 Å². The molecule has 0 aromatic rings. The zero-order valence-electron chi connectivity index (χ0n) is 12.1. The van der Waals surface area contributed by atoms with Crippen LogP contribution in [0, 0.1) is 0 Å². The average Bonchev–Trinajstić information content (AvgIpc) is 2.37. The Labute approximate surface area is 112 Å². The Morgan fingerprint density at radius 1 is 0.944 bits per heavy atom. The van der Waals surface area contributed by atoms with E-state index in [1.807, 2.05) is 20.8 Å². The van der Waals surface area contributed by atoms with E-state index in [0.717, 1.165) is 19.3 Å². The van der Waals surface area contributed by atoms with Crippen molar-refractivity contribution < 1.29 is 18.1 Å². The van der Waals surface area contributed by atoms with Crippen molar-refractivity contribution in [1.29, 1.82) is 0 Å². The van der Waals surface area contributed by atoms with Crippen LogP contribution in [-0.4, -0.2) is 34.0 Å². The zero-order chi connectivity index (χ0) is 14.0. The van der Waals surface area contributed by atoms with Gasteiger partial charge in [0.25, 0.3) is 0 Å². The lowest BCUT2D eigenvalue weighted by atomic mass is 10.4. The maximum Gasteiger partial charge on any atom is 0.579 e. The van der Waals surface area contributed by atoms with Crippen LogP contribution in [0.2, 0.25) is 0 Å². The third kappa shape index (κ3) is 5.43. The molecule has 0 saturated heterocycles. The van der Waals surface area contributed by atoms with Crippen LogP contribution in [0.25, 0.3) is 0 Å². The van der Waals surface area contributed by atoms with Crippen LogP contribution in [0.4, 0.5) is 0 Å². The molecule has 0 fully saturated rings. The van der Waals surface area contributed by atoms with E-state index >= 15 is 0 Å². The SMILES string of the molecule is C=C(C)C(=O)[Si](OCCC)(OCCC)OCCC. The second kappa shape index (κ2) is 9.44. The normalized spacial score (nSPS) is 11.6. The van der Waals surface area contributed by atoms with E-state index in [9.17, 15) is 4.79 Å². The van der Waals surface area contributed by atoms with Gasteiger partial charge >= 0.3 is 8.80 Å². The summed E-state index contributed by atoms with van der Waals surface area (Å²) in [6, 6.07) is 0. The average molecular weight is 274 g/mol. The molecule has 0 aromatic carbocycles. The highest BCUT2D eigenvalue weighted by atomic mass is 28.4. The Balaban J connectivity index is 4.96. The molecule has 0 aliphatic rings. The fourth-order valence-electron chi connectivity index (χ4n) is 1.29. The third-order valence-electron chi connectivity index (χ3n) is 2.15. The largest absolute Gasteiger partial charge is 0.579 e. The highest BCUT2D eigenvalue weighted by Gasteiger charge is 2.50. The van der Waals surface area contributed by atoms with Gasteiger partial charge < -0.3 is 13.3 Å².